The number of hydrogen-bond donors (Lipinski definition) is 2. The normalized spacial score (nSPS) is 11.9. The van der Waals surface area contributed by atoms with Gasteiger partial charge in [-0.2, -0.15) is 0 Å². The third kappa shape index (κ3) is 5.81. The number of carbonyl (C=O) groups excluding carboxylic acids is 2. The van der Waals surface area contributed by atoms with E-state index in [9.17, 15) is 14.0 Å². The van der Waals surface area contributed by atoms with Crippen LogP contribution >= 0.6 is 34.9 Å². The summed E-state index contributed by atoms with van der Waals surface area (Å²) in [4.78, 5) is 22.8. The minimum atomic E-state index is -0.430. The molecular formula is C13H13FN4O2S3. The van der Waals surface area contributed by atoms with Crippen molar-refractivity contribution < 1.29 is 14.0 Å². The molecule has 0 aliphatic carbocycles. The van der Waals surface area contributed by atoms with Gasteiger partial charge < -0.3 is 11.1 Å². The lowest BCUT2D eigenvalue weighted by Crippen LogP contribution is -2.22. The molecule has 0 unspecified atom stereocenters. The molecule has 0 aliphatic rings. The number of primary amides is 1. The van der Waals surface area contributed by atoms with Gasteiger partial charge in [0.15, 0.2) is 8.68 Å². The van der Waals surface area contributed by atoms with Crippen LogP contribution in [0.3, 0.4) is 0 Å². The van der Waals surface area contributed by atoms with Gasteiger partial charge in [-0.05, 0) is 25.1 Å². The van der Waals surface area contributed by atoms with Gasteiger partial charge in [-0.15, -0.1) is 10.2 Å². The number of nitrogens with two attached hydrogens (primary N) is 1. The Morgan fingerprint density at radius 3 is 2.83 bits per heavy atom. The lowest BCUT2D eigenvalue weighted by atomic mass is 10.3. The minimum absolute atomic E-state index is 0.134. The second-order valence-corrected chi connectivity index (χ2v) is 8.14. The van der Waals surface area contributed by atoms with Crippen molar-refractivity contribution in [1.82, 2.24) is 10.2 Å². The van der Waals surface area contributed by atoms with Gasteiger partial charge in [0.1, 0.15) is 5.82 Å². The van der Waals surface area contributed by atoms with E-state index >= 15 is 0 Å². The molecular weight excluding hydrogens is 359 g/mol. The molecule has 1 heterocycles. The van der Waals surface area contributed by atoms with Gasteiger partial charge in [0, 0.05) is 5.69 Å². The van der Waals surface area contributed by atoms with Crippen molar-refractivity contribution >= 4 is 52.4 Å². The molecule has 0 spiro atoms. The van der Waals surface area contributed by atoms with E-state index in [4.69, 9.17) is 5.73 Å². The van der Waals surface area contributed by atoms with Gasteiger partial charge in [0.2, 0.25) is 11.8 Å². The second kappa shape index (κ2) is 8.27. The molecule has 2 aromatic rings. The zero-order valence-electron chi connectivity index (χ0n) is 12.0. The molecule has 0 bridgehead atoms. The van der Waals surface area contributed by atoms with Crippen LogP contribution in [0.15, 0.2) is 32.9 Å². The number of nitrogens with zero attached hydrogens (tertiary/aromatic N) is 2. The third-order valence-corrected chi connectivity index (χ3v) is 5.73. The van der Waals surface area contributed by atoms with Crippen LogP contribution in [0.25, 0.3) is 0 Å². The summed E-state index contributed by atoms with van der Waals surface area (Å²) in [6.45, 7) is 1.72. The maximum Gasteiger partial charge on any atom is 0.237 e. The van der Waals surface area contributed by atoms with Crippen molar-refractivity contribution in [3.05, 3.63) is 30.1 Å². The summed E-state index contributed by atoms with van der Waals surface area (Å²) < 4.78 is 14.3. The maximum absolute atomic E-state index is 13.1. The molecule has 0 fully saturated rings. The van der Waals surface area contributed by atoms with E-state index < -0.39 is 17.0 Å². The first-order valence-electron chi connectivity index (χ1n) is 6.41. The van der Waals surface area contributed by atoms with Crippen molar-refractivity contribution in [2.75, 3.05) is 11.1 Å². The standard InChI is InChI=1S/C13H13FN4O2S3/c1-7(11(20)16-9-4-2-3-8(14)5-9)22-13-18-17-12(23-13)21-6-10(15)19/h2-5,7H,6H2,1H3,(H2,15,19)(H,16,20)/t7-/m0/s1. The molecule has 6 nitrogen and oxygen atoms in total. The van der Waals surface area contributed by atoms with Gasteiger partial charge in [0.05, 0.1) is 11.0 Å². The molecule has 1 atom stereocenters. The number of rotatable bonds is 7. The number of nitrogens with one attached hydrogen (secondary N) is 1. The summed E-state index contributed by atoms with van der Waals surface area (Å²) in [6, 6.07) is 5.69. The van der Waals surface area contributed by atoms with Crippen LogP contribution < -0.4 is 11.1 Å². The predicted octanol–water partition coefficient (Wildman–Crippen LogP) is 2.37. The average molecular weight is 372 g/mol. The Morgan fingerprint density at radius 1 is 1.39 bits per heavy atom. The molecule has 23 heavy (non-hydrogen) atoms. The van der Waals surface area contributed by atoms with Gasteiger partial charge in [-0.1, -0.05) is 40.9 Å². The van der Waals surface area contributed by atoms with Crippen LogP contribution in [0.1, 0.15) is 6.92 Å². The number of hydrogen-bond acceptors (Lipinski definition) is 7. The zero-order valence-corrected chi connectivity index (χ0v) is 14.4. The monoisotopic (exact) mass is 372 g/mol. The molecule has 3 N–H and O–H groups in total. The highest BCUT2D eigenvalue weighted by molar-refractivity contribution is 8.04. The molecule has 0 aliphatic heterocycles. The second-order valence-electron chi connectivity index (χ2n) is 4.35. The Hall–Kier alpha value is -1.65. The van der Waals surface area contributed by atoms with Crippen LogP contribution in [0.4, 0.5) is 10.1 Å². The van der Waals surface area contributed by atoms with Crippen molar-refractivity contribution in [2.45, 2.75) is 20.9 Å². The van der Waals surface area contributed by atoms with E-state index in [-0.39, 0.29) is 11.7 Å². The summed E-state index contributed by atoms with van der Waals surface area (Å²) in [5, 5.41) is 10.1. The molecule has 10 heteroatoms. The summed E-state index contributed by atoms with van der Waals surface area (Å²) in [7, 11) is 0. The number of anilines is 1. The fraction of sp³-hybridized carbons (Fsp3) is 0.231. The smallest absolute Gasteiger partial charge is 0.237 e. The van der Waals surface area contributed by atoms with Crippen molar-refractivity contribution in [2.24, 2.45) is 5.73 Å². The Balaban J connectivity index is 1.89. The van der Waals surface area contributed by atoms with Crippen LogP contribution in [0, 0.1) is 5.82 Å². The summed E-state index contributed by atoms with van der Waals surface area (Å²) >= 11 is 3.73. The summed E-state index contributed by atoms with van der Waals surface area (Å²) in [5.41, 5.74) is 5.46. The van der Waals surface area contributed by atoms with Gasteiger partial charge in [-0.3, -0.25) is 9.59 Å². The van der Waals surface area contributed by atoms with E-state index in [1.807, 2.05) is 0 Å². The fourth-order valence-corrected chi connectivity index (χ4v) is 4.35. The highest BCUT2D eigenvalue weighted by Gasteiger charge is 2.17. The van der Waals surface area contributed by atoms with Crippen molar-refractivity contribution in [3.8, 4) is 0 Å². The fourth-order valence-electron chi connectivity index (χ4n) is 1.45. The van der Waals surface area contributed by atoms with E-state index in [0.717, 1.165) is 0 Å². The molecule has 0 saturated heterocycles. The first-order valence-corrected chi connectivity index (χ1v) is 9.10. The summed E-state index contributed by atoms with van der Waals surface area (Å²) in [6.07, 6.45) is 0. The lowest BCUT2D eigenvalue weighted by Gasteiger charge is -2.10. The quantitative estimate of drug-likeness (QED) is 0.724. The Kier molecular flexibility index (Phi) is 6.37. The number of halogens is 1. The average Bonchev–Trinajstić information content (AvgIpc) is 2.92. The first kappa shape index (κ1) is 17.7. The van der Waals surface area contributed by atoms with Crippen LogP contribution in [-0.4, -0.2) is 33.0 Å². The van der Waals surface area contributed by atoms with Gasteiger partial charge >= 0.3 is 0 Å². The van der Waals surface area contributed by atoms with Crippen LogP contribution in [0.2, 0.25) is 0 Å². The molecule has 1 aromatic heterocycles. The molecule has 2 amide bonds. The van der Waals surface area contributed by atoms with E-state index in [2.05, 4.69) is 15.5 Å². The Labute approximate surface area is 144 Å². The molecule has 2 rings (SSSR count). The first-order chi connectivity index (χ1) is 10.9. The number of aromatic nitrogens is 2. The van der Waals surface area contributed by atoms with Crippen molar-refractivity contribution in [1.29, 1.82) is 0 Å². The van der Waals surface area contributed by atoms with Gasteiger partial charge in [0.25, 0.3) is 0 Å². The third-order valence-electron chi connectivity index (χ3n) is 2.46. The topological polar surface area (TPSA) is 98.0 Å². The molecule has 1 aromatic carbocycles. The van der Waals surface area contributed by atoms with E-state index in [1.54, 1.807) is 13.0 Å². The van der Waals surface area contributed by atoms with Crippen molar-refractivity contribution in [3.63, 3.8) is 0 Å². The zero-order chi connectivity index (χ0) is 16.8. The Bertz CT molecular complexity index is 710. The highest BCUT2D eigenvalue weighted by atomic mass is 32.2. The summed E-state index contributed by atoms with van der Waals surface area (Å²) in [5.74, 6) is -0.970. The maximum atomic E-state index is 13.1. The highest BCUT2D eigenvalue weighted by Crippen LogP contribution is 2.31. The minimum Gasteiger partial charge on any atom is -0.369 e. The SMILES string of the molecule is C[C@H](Sc1nnc(SCC(N)=O)s1)C(=O)Nc1cccc(F)c1. The Morgan fingerprint density at radius 2 is 2.13 bits per heavy atom. The molecule has 0 radical (unpaired) electrons. The van der Waals surface area contributed by atoms with Crippen LogP contribution in [0.5, 0.6) is 0 Å². The molecule has 0 saturated carbocycles. The van der Waals surface area contributed by atoms with Crippen LogP contribution in [-0.2, 0) is 9.59 Å². The number of benzene rings is 1. The van der Waals surface area contributed by atoms with E-state index in [0.29, 0.717) is 14.4 Å². The molecule has 122 valence electrons. The largest absolute Gasteiger partial charge is 0.369 e. The number of carbonyl (C=O) groups is 2. The predicted molar refractivity (Wildman–Crippen MR) is 90.2 cm³/mol. The number of amides is 2. The number of thioether (sulfide) groups is 2. The lowest BCUT2D eigenvalue weighted by molar-refractivity contribution is -0.116. The van der Waals surface area contributed by atoms with E-state index in [1.165, 1.54) is 53.1 Å². The van der Waals surface area contributed by atoms with Gasteiger partial charge in [-0.25, -0.2) is 4.39 Å².